The Kier molecular flexibility index (Phi) is 5.39. The van der Waals surface area contributed by atoms with Crippen molar-refractivity contribution in [3.05, 3.63) is 41.5 Å². The molecule has 23 heavy (non-hydrogen) atoms. The predicted molar refractivity (Wildman–Crippen MR) is 74.0 cm³/mol. The van der Waals surface area contributed by atoms with E-state index in [0.717, 1.165) is 0 Å². The summed E-state index contributed by atoms with van der Waals surface area (Å²) in [5.41, 5.74) is -1.60. The van der Waals surface area contributed by atoms with E-state index in [0.29, 0.717) is 6.92 Å². The average Bonchev–Trinajstić information content (AvgIpc) is 2.44. The van der Waals surface area contributed by atoms with Crippen LogP contribution in [0.4, 0.5) is 39.5 Å². The van der Waals surface area contributed by atoms with Gasteiger partial charge in [0.2, 0.25) is 0 Å². The van der Waals surface area contributed by atoms with Crippen LogP contribution in [0.25, 0.3) is 3.58 Å². The maximum atomic E-state index is 13.8. The van der Waals surface area contributed by atoms with Gasteiger partial charge in [0.05, 0.1) is 0 Å². The molecule has 1 rings (SSSR count). The molecule has 0 radical (unpaired) electrons. The van der Waals surface area contributed by atoms with E-state index in [1.807, 2.05) is 0 Å². The van der Waals surface area contributed by atoms with Crippen molar-refractivity contribution in [3.63, 3.8) is 0 Å². The monoisotopic (exact) mass is 462 g/mol. The number of rotatable bonds is 4. The van der Waals surface area contributed by atoms with Gasteiger partial charge in [0.15, 0.2) is 0 Å². The quantitative estimate of drug-likeness (QED) is 0.363. The molecule has 0 unspecified atom stereocenters. The van der Waals surface area contributed by atoms with Crippen LogP contribution in [0.5, 0.6) is 0 Å². The minimum atomic E-state index is -6.89. The molecule has 0 aliphatic heterocycles. The fourth-order valence-electron chi connectivity index (χ4n) is 1.55. The summed E-state index contributed by atoms with van der Waals surface area (Å²) < 4.78 is 116. The SMILES string of the molecule is C/C(=C(\I)c1ccccc1)C(F)(F)C(F)(F)C(F)(F)C(F)(F)F. The summed E-state index contributed by atoms with van der Waals surface area (Å²) in [7, 11) is 0. The van der Waals surface area contributed by atoms with Crippen molar-refractivity contribution < 1.29 is 39.5 Å². The molecule has 0 amide bonds. The van der Waals surface area contributed by atoms with Crippen LogP contribution >= 0.6 is 22.6 Å². The lowest BCUT2D eigenvalue weighted by atomic mass is 9.96. The summed E-state index contributed by atoms with van der Waals surface area (Å²) in [5, 5.41) is 0. The lowest BCUT2D eigenvalue weighted by Crippen LogP contribution is -2.61. The van der Waals surface area contributed by atoms with Crippen LogP contribution < -0.4 is 0 Å². The second-order valence-corrected chi connectivity index (χ2v) is 5.60. The lowest BCUT2D eigenvalue weighted by molar-refractivity contribution is -0.389. The number of hydrogen-bond donors (Lipinski definition) is 0. The third-order valence-corrected chi connectivity index (χ3v) is 4.40. The topological polar surface area (TPSA) is 0 Å². The smallest absolute Gasteiger partial charge is 0.194 e. The molecule has 0 heterocycles. The summed E-state index contributed by atoms with van der Waals surface area (Å²) in [5.74, 6) is -19.2. The fourth-order valence-corrected chi connectivity index (χ4v) is 2.25. The van der Waals surface area contributed by atoms with Crippen LogP contribution in [-0.2, 0) is 0 Å². The highest BCUT2D eigenvalue weighted by atomic mass is 127. The largest absolute Gasteiger partial charge is 0.460 e. The molecule has 1 aromatic carbocycles. The Balaban J connectivity index is 3.45. The summed E-state index contributed by atoms with van der Waals surface area (Å²) in [6, 6.07) is 6.65. The molecule has 0 fully saturated rings. The van der Waals surface area contributed by atoms with Crippen LogP contribution in [0.2, 0.25) is 0 Å². The Labute approximate surface area is 138 Å². The van der Waals surface area contributed by atoms with E-state index in [1.54, 1.807) is 0 Å². The van der Waals surface area contributed by atoms with Crippen molar-refractivity contribution in [2.75, 3.05) is 0 Å². The van der Waals surface area contributed by atoms with Crippen molar-refractivity contribution >= 4 is 26.2 Å². The maximum absolute atomic E-state index is 13.8. The molecule has 0 bridgehead atoms. The molecular weight excluding hydrogens is 454 g/mol. The van der Waals surface area contributed by atoms with Crippen LogP contribution in [0.1, 0.15) is 12.5 Å². The molecule has 0 nitrogen and oxygen atoms in total. The molecular formula is C13H8F9I. The van der Waals surface area contributed by atoms with Crippen molar-refractivity contribution in [1.82, 2.24) is 0 Å². The Morgan fingerprint density at radius 2 is 1.22 bits per heavy atom. The molecule has 0 atom stereocenters. The summed E-state index contributed by atoms with van der Waals surface area (Å²) in [4.78, 5) is 0. The zero-order valence-corrected chi connectivity index (χ0v) is 13.3. The molecule has 0 aromatic heterocycles. The first-order chi connectivity index (χ1) is 10.2. The second kappa shape index (κ2) is 6.17. The number of hydrogen-bond acceptors (Lipinski definition) is 0. The first-order valence-electron chi connectivity index (χ1n) is 5.80. The first kappa shape index (κ1) is 20.1. The van der Waals surface area contributed by atoms with Crippen LogP contribution in [0.15, 0.2) is 35.9 Å². The van der Waals surface area contributed by atoms with Crippen LogP contribution in [0, 0.1) is 0 Å². The van der Waals surface area contributed by atoms with Gasteiger partial charge in [-0.15, -0.1) is 0 Å². The van der Waals surface area contributed by atoms with Gasteiger partial charge in [0, 0.05) is 9.15 Å². The van der Waals surface area contributed by atoms with Gasteiger partial charge >= 0.3 is 23.9 Å². The van der Waals surface area contributed by atoms with E-state index in [9.17, 15) is 39.5 Å². The highest BCUT2D eigenvalue weighted by Gasteiger charge is 2.82. The van der Waals surface area contributed by atoms with Crippen LogP contribution in [0.3, 0.4) is 0 Å². The van der Waals surface area contributed by atoms with Crippen LogP contribution in [-0.4, -0.2) is 23.9 Å². The van der Waals surface area contributed by atoms with Gasteiger partial charge in [-0.25, -0.2) is 0 Å². The summed E-state index contributed by atoms with van der Waals surface area (Å²) in [6.07, 6.45) is -6.82. The van der Waals surface area contributed by atoms with Crippen molar-refractivity contribution in [2.45, 2.75) is 30.9 Å². The van der Waals surface area contributed by atoms with Gasteiger partial charge in [-0.2, -0.15) is 39.5 Å². The van der Waals surface area contributed by atoms with E-state index < -0.39 is 33.1 Å². The fraction of sp³-hybridized carbons (Fsp3) is 0.385. The Morgan fingerprint density at radius 3 is 1.61 bits per heavy atom. The number of halogens is 10. The van der Waals surface area contributed by atoms with Crippen molar-refractivity contribution in [2.24, 2.45) is 0 Å². The van der Waals surface area contributed by atoms with E-state index >= 15 is 0 Å². The van der Waals surface area contributed by atoms with Gasteiger partial charge < -0.3 is 0 Å². The third-order valence-electron chi connectivity index (χ3n) is 2.97. The number of alkyl halides is 9. The van der Waals surface area contributed by atoms with E-state index in [-0.39, 0.29) is 5.56 Å². The molecule has 1 aromatic rings. The lowest BCUT2D eigenvalue weighted by Gasteiger charge is -2.34. The first-order valence-corrected chi connectivity index (χ1v) is 6.88. The third kappa shape index (κ3) is 3.31. The minimum Gasteiger partial charge on any atom is -0.194 e. The Morgan fingerprint density at radius 1 is 0.783 bits per heavy atom. The highest BCUT2D eigenvalue weighted by Crippen LogP contribution is 2.56. The van der Waals surface area contributed by atoms with E-state index in [4.69, 9.17) is 0 Å². The van der Waals surface area contributed by atoms with Gasteiger partial charge in [-0.3, -0.25) is 0 Å². The summed E-state index contributed by atoms with van der Waals surface area (Å²) >= 11 is 1.19. The Hall–Kier alpha value is -0.940. The molecule has 0 aliphatic carbocycles. The predicted octanol–water partition coefficient (Wildman–Crippen LogP) is 6.32. The molecule has 0 aliphatic rings. The average molecular weight is 462 g/mol. The Bertz CT molecular complexity index is 587. The van der Waals surface area contributed by atoms with Gasteiger partial charge in [0.1, 0.15) is 0 Å². The highest BCUT2D eigenvalue weighted by molar-refractivity contribution is 14.1. The molecule has 0 saturated heterocycles. The molecule has 0 spiro atoms. The van der Waals surface area contributed by atoms with Gasteiger partial charge in [-0.1, -0.05) is 30.3 Å². The summed E-state index contributed by atoms with van der Waals surface area (Å²) in [6.45, 7) is 0.384. The minimum absolute atomic E-state index is 0.0172. The normalized spacial score (nSPS) is 15.4. The molecule has 10 heteroatoms. The maximum Gasteiger partial charge on any atom is 0.460 e. The van der Waals surface area contributed by atoms with Crippen molar-refractivity contribution in [3.8, 4) is 0 Å². The standard InChI is InChI=1S/C13H8F9I/c1-7(9(23)8-5-3-2-4-6-8)10(14,15)11(16,17)12(18,19)13(20,21)22/h2-6H,1H3/b9-7+. The molecule has 130 valence electrons. The second-order valence-electron chi connectivity index (χ2n) is 4.53. The number of allylic oxidation sites excluding steroid dienone is 1. The number of benzene rings is 1. The van der Waals surface area contributed by atoms with E-state index in [2.05, 4.69) is 0 Å². The zero-order chi connectivity index (χ0) is 18.3. The zero-order valence-electron chi connectivity index (χ0n) is 11.2. The van der Waals surface area contributed by atoms with E-state index in [1.165, 1.54) is 52.9 Å². The molecule has 0 N–H and O–H groups in total. The van der Waals surface area contributed by atoms with Gasteiger partial charge in [-0.05, 0) is 35.1 Å². The van der Waals surface area contributed by atoms with Gasteiger partial charge in [0.25, 0.3) is 0 Å². The van der Waals surface area contributed by atoms with Crippen molar-refractivity contribution in [1.29, 1.82) is 0 Å². The molecule has 0 saturated carbocycles.